The number of hydrazine groups is 1. The van der Waals surface area contributed by atoms with Crippen LogP contribution < -0.4 is 11.3 Å². The predicted molar refractivity (Wildman–Crippen MR) is 81.0 cm³/mol. The molecule has 0 aromatic rings. The third kappa shape index (κ3) is 3.93. The topological polar surface area (TPSA) is 61.6 Å². The zero-order chi connectivity index (χ0) is 14.4. The van der Waals surface area contributed by atoms with Gasteiger partial charge in [-0.15, -0.1) is 0 Å². The smallest absolute Gasteiger partial charge is 0.251 e. The van der Waals surface area contributed by atoms with Crippen molar-refractivity contribution in [3.05, 3.63) is 0 Å². The molecule has 5 heteroatoms. The van der Waals surface area contributed by atoms with Gasteiger partial charge in [-0.2, -0.15) is 0 Å². The highest BCUT2D eigenvalue weighted by Crippen LogP contribution is 2.23. The van der Waals surface area contributed by atoms with Gasteiger partial charge in [0.1, 0.15) is 0 Å². The summed E-state index contributed by atoms with van der Waals surface area (Å²) >= 11 is 0. The van der Waals surface area contributed by atoms with E-state index < -0.39 is 0 Å². The third-order valence-electron chi connectivity index (χ3n) is 4.85. The molecule has 3 N–H and O–H groups in total. The highest BCUT2D eigenvalue weighted by molar-refractivity contribution is 5.81. The van der Waals surface area contributed by atoms with Gasteiger partial charge in [0.05, 0.1) is 6.04 Å². The van der Waals surface area contributed by atoms with Crippen LogP contribution in [0.2, 0.25) is 0 Å². The third-order valence-corrected chi connectivity index (χ3v) is 4.85. The van der Waals surface area contributed by atoms with Gasteiger partial charge in [-0.3, -0.25) is 15.1 Å². The van der Waals surface area contributed by atoms with Crippen molar-refractivity contribution in [2.24, 2.45) is 5.84 Å². The number of amides is 1. The maximum absolute atomic E-state index is 11.9. The molecular weight excluding hydrogens is 252 g/mol. The number of nitrogens with two attached hydrogens (primary N) is 1. The standard InChI is InChI=1S/C15H30N4O/c1-2-6-14(15(20)17-16)19-11-7-13(8-12-19)18-9-4-3-5-10-18/h13-14H,2-12,16H2,1H3,(H,17,20). The van der Waals surface area contributed by atoms with Crippen LogP contribution in [0.25, 0.3) is 0 Å². The Morgan fingerprint density at radius 1 is 1.20 bits per heavy atom. The molecule has 2 fully saturated rings. The lowest BCUT2D eigenvalue weighted by molar-refractivity contribution is -0.127. The summed E-state index contributed by atoms with van der Waals surface area (Å²) in [4.78, 5) is 16.9. The van der Waals surface area contributed by atoms with Crippen molar-refractivity contribution >= 4 is 5.91 Å². The Morgan fingerprint density at radius 3 is 2.40 bits per heavy atom. The van der Waals surface area contributed by atoms with E-state index in [1.807, 2.05) is 0 Å². The number of nitrogens with zero attached hydrogens (tertiary/aromatic N) is 2. The molecule has 1 amide bonds. The van der Waals surface area contributed by atoms with Crippen LogP contribution in [0.4, 0.5) is 0 Å². The summed E-state index contributed by atoms with van der Waals surface area (Å²) in [6.45, 7) is 6.72. The lowest BCUT2D eigenvalue weighted by Gasteiger charge is -2.42. The van der Waals surface area contributed by atoms with Crippen molar-refractivity contribution in [1.29, 1.82) is 0 Å². The van der Waals surface area contributed by atoms with Crippen molar-refractivity contribution < 1.29 is 4.79 Å². The second kappa shape index (κ2) is 7.96. The van der Waals surface area contributed by atoms with Gasteiger partial charge in [-0.25, -0.2) is 5.84 Å². The fraction of sp³-hybridized carbons (Fsp3) is 0.933. The number of rotatable bonds is 5. The molecule has 0 aromatic carbocycles. The van der Waals surface area contributed by atoms with E-state index in [4.69, 9.17) is 5.84 Å². The van der Waals surface area contributed by atoms with Gasteiger partial charge in [0.2, 0.25) is 0 Å². The molecule has 1 unspecified atom stereocenters. The maximum Gasteiger partial charge on any atom is 0.251 e. The van der Waals surface area contributed by atoms with Crippen LogP contribution in [-0.4, -0.2) is 54.0 Å². The molecule has 2 rings (SSSR count). The van der Waals surface area contributed by atoms with E-state index in [9.17, 15) is 4.79 Å². The summed E-state index contributed by atoms with van der Waals surface area (Å²) in [6, 6.07) is 0.696. The van der Waals surface area contributed by atoms with E-state index in [2.05, 4.69) is 22.1 Å². The van der Waals surface area contributed by atoms with E-state index >= 15 is 0 Å². The largest absolute Gasteiger partial charge is 0.300 e. The van der Waals surface area contributed by atoms with Gasteiger partial charge in [0.25, 0.3) is 5.91 Å². The fourth-order valence-corrected chi connectivity index (χ4v) is 3.70. The zero-order valence-corrected chi connectivity index (χ0v) is 12.8. The Kier molecular flexibility index (Phi) is 6.26. The molecule has 0 aromatic heterocycles. The van der Waals surface area contributed by atoms with Crippen molar-refractivity contribution in [3.63, 3.8) is 0 Å². The van der Waals surface area contributed by atoms with Gasteiger partial charge in [0, 0.05) is 19.1 Å². The lowest BCUT2D eigenvalue weighted by Crippen LogP contribution is -2.54. The molecule has 0 radical (unpaired) electrons. The minimum atomic E-state index is -0.0349. The normalized spacial score (nSPS) is 24.5. The summed E-state index contributed by atoms with van der Waals surface area (Å²) in [5, 5.41) is 0. The Morgan fingerprint density at radius 2 is 1.85 bits per heavy atom. The zero-order valence-electron chi connectivity index (χ0n) is 12.8. The lowest BCUT2D eigenvalue weighted by atomic mass is 9.97. The molecule has 0 bridgehead atoms. The summed E-state index contributed by atoms with van der Waals surface area (Å²) in [6.07, 6.45) is 8.41. The van der Waals surface area contributed by atoms with E-state index in [1.165, 1.54) is 45.2 Å². The van der Waals surface area contributed by atoms with Gasteiger partial charge < -0.3 is 4.90 Å². The van der Waals surface area contributed by atoms with Crippen LogP contribution in [0.15, 0.2) is 0 Å². The molecule has 2 heterocycles. The SMILES string of the molecule is CCCC(C(=O)NN)N1CCC(N2CCCCC2)CC1. The number of likely N-dealkylation sites (tertiary alicyclic amines) is 2. The number of carbonyl (C=O) groups excluding carboxylic acids is 1. The first-order valence-corrected chi connectivity index (χ1v) is 8.24. The molecule has 2 saturated heterocycles. The molecule has 2 aliphatic heterocycles. The quantitative estimate of drug-likeness (QED) is 0.450. The molecule has 0 spiro atoms. The van der Waals surface area contributed by atoms with Crippen LogP contribution in [0, 0.1) is 0 Å². The fourth-order valence-electron chi connectivity index (χ4n) is 3.70. The van der Waals surface area contributed by atoms with Crippen LogP contribution in [0.5, 0.6) is 0 Å². The minimum Gasteiger partial charge on any atom is -0.300 e. The van der Waals surface area contributed by atoms with Crippen molar-refractivity contribution in [2.75, 3.05) is 26.2 Å². The highest BCUT2D eigenvalue weighted by Gasteiger charge is 2.31. The molecule has 0 aliphatic carbocycles. The molecule has 5 nitrogen and oxygen atoms in total. The average Bonchev–Trinajstić information content (AvgIpc) is 2.53. The van der Waals surface area contributed by atoms with Crippen molar-refractivity contribution in [3.8, 4) is 0 Å². The Bertz CT molecular complexity index is 296. The van der Waals surface area contributed by atoms with E-state index in [1.54, 1.807) is 0 Å². The number of hydrogen-bond donors (Lipinski definition) is 2. The van der Waals surface area contributed by atoms with Gasteiger partial charge in [0.15, 0.2) is 0 Å². The van der Waals surface area contributed by atoms with Crippen LogP contribution in [-0.2, 0) is 4.79 Å². The maximum atomic E-state index is 11.9. The van der Waals surface area contributed by atoms with Crippen LogP contribution >= 0.6 is 0 Å². The first-order chi connectivity index (χ1) is 9.76. The second-order valence-electron chi connectivity index (χ2n) is 6.18. The Labute approximate surface area is 122 Å². The first-order valence-electron chi connectivity index (χ1n) is 8.24. The molecule has 0 saturated carbocycles. The Hall–Kier alpha value is -0.650. The number of carbonyl (C=O) groups is 1. The second-order valence-corrected chi connectivity index (χ2v) is 6.18. The minimum absolute atomic E-state index is 0.0247. The summed E-state index contributed by atoms with van der Waals surface area (Å²) in [5.74, 6) is 5.29. The highest BCUT2D eigenvalue weighted by atomic mass is 16.2. The van der Waals surface area contributed by atoms with E-state index in [0.29, 0.717) is 0 Å². The molecule has 116 valence electrons. The van der Waals surface area contributed by atoms with Gasteiger partial charge in [-0.1, -0.05) is 19.8 Å². The molecular formula is C15H30N4O. The summed E-state index contributed by atoms with van der Waals surface area (Å²) < 4.78 is 0. The van der Waals surface area contributed by atoms with E-state index in [0.717, 1.165) is 32.0 Å². The average molecular weight is 282 g/mol. The van der Waals surface area contributed by atoms with Gasteiger partial charge >= 0.3 is 0 Å². The molecule has 1 atom stereocenters. The predicted octanol–water partition coefficient (Wildman–Crippen LogP) is 1.10. The van der Waals surface area contributed by atoms with Crippen LogP contribution in [0.1, 0.15) is 51.9 Å². The van der Waals surface area contributed by atoms with Crippen LogP contribution in [0.3, 0.4) is 0 Å². The van der Waals surface area contributed by atoms with Crippen molar-refractivity contribution in [2.45, 2.75) is 64.0 Å². The van der Waals surface area contributed by atoms with Crippen molar-refractivity contribution in [1.82, 2.24) is 15.2 Å². The number of nitrogens with one attached hydrogen (secondary N) is 1. The summed E-state index contributed by atoms with van der Waals surface area (Å²) in [5.41, 5.74) is 2.33. The number of hydrogen-bond acceptors (Lipinski definition) is 4. The summed E-state index contributed by atoms with van der Waals surface area (Å²) in [7, 11) is 0. The molecule has 20 heavy (non-hydrogen) atoms. The molecule has 2 aliphatic rings. The van der Waals surface area contributed by atoms with Gasteiger partial charge in [-0.05, 0) is 45.2 Å². The monoisotopic (exact) mass is 282 g/mol. The first kappa shape index (κ1) is 15.7. The number of piperidine rings is 2. The Balaban J connectivity index is 1.83. The van der Waals surface area contributed by atoms with E-state index in [-0.39, 0.29) is 11.9 Å².